The molecule has 1 unspecified atom stereocenters. The number of thiol groups is 1. The molecule has 70 valence electrons. The van der Waals surface area contributed by atoms with E-state index in [1.54, 1.807) is 13.8 Å². The Balaban J connectivity index is 2.80. The molecule has 0 saturated carbocycles. The summed E-state index contributed by atoms with van der Waals surface area (Å²) >= 11 is 3.99. The van der Waals surface area contributed by atoms with Crippen molar-refractivity contribution in [2.75, 3.05) is 0 Å². The Morgan fingerprint density at radius 3 is 2.42 bits per heavy atom. The van der Waals surface area contributed by atoms with E-state index in [-0.39, 0.29) is 16.8 Å². The molecule has 0 aliphatic carbocycles. The Labute approximate surface area is 74.9 Å². The highest BCUT2D eigenvalue weighted by Crippen LogP contribution is 2.37. The highest BCUT2D eigenvalue weighted by Gasteiger charge is 2.45. The van der Waals surface area contributed by atoms with Gasteiger partial charge in [0.25, 0.3) is 0 Å². The van der Waals surface area contributed by atoms with Crippen LogP contribution in [0.4, 0.5) is 8.78 Å². The molecule has 0 amide bonds. The molecule has 1 aliphatic heterocycles. The summed E-state index contributed by atoms with van der Waals surface area (Å²) in [6.45, 7) is 3.37. The van der Waals surface area contributed by atoms with Crippen LogP contribution in [0.25, 0.3) is 0 Å². The van der Waals surface area contributed by atoms with Gasteiger partial charge in [-0.05, 0) is 6.92 Å². The molecule has 0 aromatic heterocycles. The summed E-state index contributed by atoms with van der Waals surface area (Å²) in [6.07, 6.45) is -3.12. The fourth-order valence-electron chi connectivity index (χ4n) is 0.964. The number of hydrogen-bond acceptors (Lipinski definition) is 3. The molecule has 0 radical (unpaired) electrons. The normalized spacial score (nSPS) is 23.4. The van der Waals surface area contributed by atoms with Crippen LogP contribution in [0.2, 0.25) is 0 Å². The maximum absolute atomic E-state index is 12.5. The molecular weight excluding hydrogens is 186 g/mol. The lowest BCUT2D eigenvalue weighted by molar-refractivity contribution is -0.338. The topological polar surface area (TPSA) is 18.5 Å². The van der Waals surface area contributed by atoms with E-state index < -0.39 is 6.29 Å². The minimum atomic E-state index is -3.50. The SMILES string of the molecule is CCC1=C(C(C)S)OC(F)(F)O1. The van der Waals surface area contributed by atoms with E-state index in [1.165, 1.54) is 0 Å². The third-order valence-electron chi connectivity index (χ3n) is 1.45. The molecule has 0 fully saturated rings. The second-order valence-corrected chi connectivity index (χ2v) is 3.26. The van der Waals surface area contributed by atoms with Crippen LogP contribution in [0, 0.1) is 0 Å². The average molecular weight is 196 g/mol. The van der Waals surface area contributed by atoms with Gasteiger partial charge in [-0.3, -0.25) is 0 Å². The van der Waals surface area contributed by atoms with Gasteiger partial charge in [0, 0.05) is 6.42 Å². The minimum Gasteiger partial charge on any atom is -0.400 e. The summed E-state index contributed by atoms with van der Waals surface area (Å²) in [5, 5.41) is -0.367. The lowest BCUT2D eigenvalue weighted by Gasteiger charge is -2.08. The van der Waals surface area contributed by atoms with Gasteiger partial charge in [0.15, 0.2) is 5.76 Å². The van der Waals surface area contributed by atoms with Gasteiger partial charge in [-0.2, -0.15) is 12.6 Å². The number of hydrogen-bond donors (Lipinski definition) is 1. The lowest BCUT2D eigenvalue weighted by Crippen LogP contribution is -2.17. The van der Waals surface area contributed by atoms with Crippen molar-refractivity contribution in [1.82, 2.24) is 0 Å². The largest absolute Gasteiger partial charge is 0.585 e. The van der Waals surface area contributed by atoms with Crippen LogP contribution in [0.5, 0.6) is 0 Å². The Bertz CT molecular complexity index is 213. The third kappa shape index (κ3) is 1.83. The average Bonchev–Trinajstić information content (AvgIpc) is 2.25. The molecule has 0 saturated heterocycles. The molecule has 1 heterocycles. The van der Waals surface area contributed by atoms with E-state index in [0.29, 0.717) is 6.42 Å². The number of ether oxygens (including phenoxy) is 2. The zero-order chi connectivity index (χ0) is 9.35. The van der Waals surface area contributed by atoms with Gasteiger partial charge >= 0.3 is 6.29 Å². The van der Waals surface area contributed by atoms with Crippen LogP contribution in [0.15, 0.2) is 11.5 Å². The maximum atomic E-state index is 12.5. The van der Waals surface area contributed by atoms with Crippen LogP contribution in [0.3, 0.4) is 0 Å². The second-order valence-electron chi connectivity index (χ2n) is 2.48. The van der Waals surface area contributed by atoms with Crippen molar-refractivity contribution in [3.8, 4) is 0 Å². The van der Waals surface area contributed by atoms with E-state index in [9.17, 15) is 8.78 Å². The Hall–Kier alpha value is -0.450. The Morgan fingerprint density at radius 2 is 2.08 bits per heavy atom. The highest BCUT2D eigenvalue weighted by atomic mass is 32.1. The molecule has 0 aromatic rings. The molecule has 5 heteroatoms. The smallest absolute Gasteiger partial charge is 0.400 e. The first kappa shape index (κ1) is 9.64. The maximum Gasteiger partial charge on any atom is 0.585 e. The predicted octanol–water partition coefficient (Wildman–Crippen LogP) is 2.52. The van der Waals surface area contributed by atoms with Crippen molar-refractivity contribution in [2.24, 2.45) is 0 Å². The van der Waals surface area contributed by atoms with Crippen LogP contribution < -0.4 is 0 Å². The van der Waals surface area contributed by atoms with Gasteiger partial charge in [0.2, 0.25) is 0 Å². The third-order valence-corrected chi connectivity index (χ3v) is 1.68. The van der Waals surface area contributed by atoms with E-state index in [2.05, 4.69) is 22.1 Å². The van der Waals surface area contributed by atoms with Crippen molar-refractivity contribution in [3.63, 3.8) is 0 Å². The Morgan fingerprint density at radius 1 is 1.50 bits per heavy atom. The molecule has 1 atom stereocenters. The van der Waals surface area contributed by atoms with Gasteiger partial charge in [-0.15, -0.1) is 8.78 Å². The number of allylic oxidation sites excluding steroid dienone is 1. The van der Waals surface area contributed by atoms with Crippen molar-refractivity contribution in [2.45, 2.75) is 31.8 Å². The number of alkyl halides is 2. The molecule has 12 heavy (non-hydrogen) atoms. The van der Waals surface area contributed by atoms with Crippen LogP contribution in [0.1, 0.15) is 20.3 Å². The predicted molar refractivity (Wildman–Crippen MR) is 42.9 cm³/mol. The van der Waals surface area contributed by atoms with Crippen LogP contribution in [-0.4, -0.2) is 11.5 Å². The zero-order valence-corrected chi connectivity index (χ0v) is 7.70. The monoisotopic (exact) mass is 196 g/mol. The van der Waals surface area contributed by atoms with Gasteiger partial charge in [0.05, 0.1) is 5.25 Å². The van der Waals surface area contributed by atoms with Crippen LogP contribution >= 0.6 is 12.6 Å². The molecule has 0 aromatic carbocycles. The molecule has 0 bridgehead atoms. The first-order valence-corrected chi connectivity index (χ1v) is 4.15. The molecule has 1 aliphatic rings. The highest BCUT2D eigenvalue weighted by molar-refractivity contribution is 7.81. The van der Waals surface area contributed by atoms with E-state index in [0.717, 1.165) is 0 Å². The standard InChI is InChI=1S/C7H10F2O2S/c1-3-5-6(4(2)12)11-7(8,9)10-5/h4,12H,3H2,1-2H3. The molecule has 0 N–H and O–H groups in total. The molecule has 1 rings (SSSR count). The molecule has 0 spiro atoms. The van der Waals surface area contributed by atoms with E-state index >= 15 is 0 Å². The summed E-state index contributed by atoms with van der Waals surface area (Å²) in [5.41, 5.74) is 0. The number of halogens is 2. The Kier molecular flexibility index (Phi) is 2.51. The second kappa shape index (κ2) is 3.12. The van der Waals surface area contributed by atoms with Crippen molar-refractivity contribution >= 4 is 12.6 Å². The van der Waals surface area contributed by atoms with Crippen LogP contribution in [-0.2, 0) is 9.47 Å². The van der Waals surface area contributed by atoms with Gasteiger partial charge in [-0.25, -0.2) is 0 Å². The summed E-state index contributed by atoms with van der Waals surface area (Å²) in [5.74, 6) is 0.313. The fourth-order valence-corrected chi connectivity index (χ4v) is 1.16. The quantitative estimate of drug-likeness (QED) is 0.684. The number of rotatable bonds is 2. The summed E-state index contributed by atoms with van der Waals surface area (Å²) in [4.78, 5) is 0. The fraction of sp³-hybridized carbons (Fsp3) is 0.714. The summed E-state index contributed by atoms with van der Waals surface area (Å²) < 4.78 is 33.5. The van der Waals surface area contributed by atoms with Gasteiger partial charge < -0.3 is 9.47 Å². The van der Waals surface area contributed by atoms with Crippen molar-refractivity contribution < 1.29 is 18.3 Å². The first-order chi connectivity index (χ1) is 5.46. The van der Waals surface area contributed by atoms with E-state index in [1.807, 2.05) is 0 Å². The lowest BCUT2D eigenvalue weighted by atomic mass is 10.3. The summed E-state index contributed by atoms with van der Waals surface area (Å²) in [6, 6.07) is 0. The van der Waals surface area contributed by atoms with Gasteiger partial charge in [0.1, 0.15) is 5.76 Å². The first-order valence-electron chi connectivity index (χ1n) is 3.63. The van der Waals surface area contributed by atoms with Crippen molar-refractivity contribution in [3.05, 3.63) is 11.5 Å². The van der Waals surface area contributed by atoms with Gasteiger partial charge in [-0.1, -0.05) is 6.92 Å². The summed E-state index contributed by atoms with van der Waals surface area (Å²) in [7, 11) is 0. The minimum absolute atomic E-state index is 0.130. The van der Waals surface area contributed by atoms with Crippen molar-refractivity contribution in [1.29, 1.82) is 0 Å². The zero-order valence-electron chi connectivity index (χ0n) is 6.80. The molecular formula is C7H10F2O2S. The van der Waals surface area contributed by atoms with E-state index in [4.69, 9.17) is 0 Å². The molecule has 2 nitrogen and oxygen atoms in total.